The molecule has 0 aliphatic heterocycles. The molecule has 0 unspecified atom stereocenters. The van der Waals surface area contributed by atoms with E-state index < -0.39 is 17.4 Å². The first-order valence-corrected chi connectivity index (χ1v) is 10.4. The maximum absolute atomic E-state index is 12.3. The van der Waals surface area contributed by atoms with Gasteiger partial charge in [-0.05, 0) is 54.8 Å². The van der Waals surface area contributed by atoms with Gasteiger partial charge in [0.25, 0.3) is 0 Å². The van der Waals surface area contributed by atoms with E-state index in [4.69, 9.17) is 9.47 Å². The Bertz CT molecular complexity index is 614. The first-order chi connectivity index (χ1) is 12.5. The SMILES string of the molecule is COC(=O)[C@@H]1CC[C@@H]2[C@@]3(C)CCCC(C)(C)[C@@H]3C[C@@H](OC(C)=O)[C@@]2(C)[C@H]1O. The molecule has 0 amide bonds. The van der Waals surface area contributed by atoms with Crippen molar-refractivity contribution in [2.75, 3.05) is 7.11 Å². The number of ether oxygens (including phenoxy) is 2. The molecule has 0 spiro atoms. The molecule has 0 saturated heterocycles. The van der Waals surface area contributed by atoms with Crippen LogP contribution in [0, 0.1) is 34.0 Å². The van der Waals surface area contributed by atoms with Crippen LogP contribution < -0.4 is 0 Å². The van der Waals surface area contributed by atoms with E-state index in [0.29, 0.717) is 12.3 Å². The van der Waals surface area contributed by atoms with Gasteiger partial charge < -0.3 is 14.6 Å². The predicted octanol–water partition coefficient (Wildman–Crippen LogP) is 3.72. The Balaban J connectivity index is 2.07. The second kappa shape index (κ2) is 6.75. The minimum Gasteiger partial charge on any atom is -0.469 e. The van der Waals surface area contributed by atoms with Gasteiger partial charge in [0.15, 0.2) is 0 Å². The predicted molar refractivity (Wildman–Crippen MR) is 102 cm³/mol. The molecule has 3 fully saturated rings. The average molecular weight is 381 g/mol. The van der Waals surface area contributed by atoms with Crippen LogP contribution in [0.3, 0.4) is 0 Å². The van der Waals surface area contributed by atoms with Crippen molar-refractivity contribution in [1.29, 1.82) is 0 Å². The van der Waals surface area contributed by atoms with E-state index in [1.165, 1.54) is 26.9 Å². The molecule has 0 heterocycles. The fourth-order valence-corrected chi connectivity index (χ4v) is 7.32. The first-order valence-electron chi connectivity index (χ1n) is 10.4. The van der Waals surface area contributed by atoms with E-state index in [-0.39, 0.29) is 34.8 Å². The van der Waals surface area contributed by atoms with Crippen molar-refractivity contribution >= 4 is 11.9 Å². The van der Waals surface area contributed by atoms with Crippen molar-refractivity contribution in [1.82, 2.24) is 0 Å². The highest BCUT2D eigenvalue weighted by atomic mass is 16.5. The molecule has 0 radical (unpaired) electrons. The van der Waals surface area contributed by atoms with E-state index in [1.54, 1.807) is 0 Å². The van der Waals surface area contributed by atoms with Gasteiger partial charge in [0.05, 0.1) is 19.1 Å². The molecule has 5 heteroatoms. The Morgan fingerprint density at radius 2 is 1.70 bits per heavy atom. The minimum atomic E-state index is -0.865. The van der Waals surface area contributed by atoms with E-state index in [1.807, 2.05) is 6.92 Å². The third kappa shape index (κ3) is 3.01. The Labute approximate surface area is 163 Å². The molecule has 3 aliphatic carbocycles. The van der Waals surface area contributed by atoms with Gasteiger partial charge >= 0.3 is 11.9 Å². The second-order valence-electron chi connectivity index (χ2n) is 10.3. The highest BCUT2D eigenvalue weighted by Gasteiger charge is 2.67. The Kier molecular flexibility index (Phi) is 5.16. The molecule has 7 atom stereocenters. The van der Waals surface area contributed by atoms with Crippen molar-refractivity contribution in [2.45, 2.75) is 85.4 Å². The number of aliphatic hydroxyl groups is 1. The van der Waals surface area contributed by atoms with Crippen LogP contribution in [0.25, 0.3) is 0 Å². The third-order valence-electron chi connectivity index (χ3n) is 8.56. The third-order valence-corrected chi connectivity index (χ3v) is 8.56. The molecule has 1 N–H and O–H groups in total. The van der Waals surface area contributed by atoms with Crippen molar-refractivity contribution in [3.63, 3.8) is 0 Å². The summed E-state index contributed by atoms with van der Waals surface area (Å²) in [6.07, 6.45) is 4.48. The molecule has 5 nitrogen and oxygen atoms in total. The fourth-order valence-electron chi connectivity index (χ4n) is 7.32. The van der Waals surface area contributed by atoms with Gasteiger partial charge in [-0.15, -0.1) is 0 Å². The summed E-state index contributed by atoms with van der Waals surface area (Å²) >= 11 is 0. The van der Waals surface area contributed by atoms with Gasteiger partial charge in [-0.1, -0.05) is 34.1 Å². The summed E-state index contributed by atoms with van der Waals surface area (Å²) in [5.74, 6) is -0.581. The maximum Gasteiger partial charge on any atom is 0.311 e. The van der Waals surface area contributed by atoms with Crippen LogP contribution in [0.15, 0.2) is 0 Å². The number of esters is 2. The number of hydrogen-bond acceptors (Lipinski definition) is 5. The zero-order chi connectivity index (χ0) is 20.2. The first kappa shape index (κ1) is 20.6. The molecule has 3 saturated carbocycles. The van der Waals surface area contributed by atoms with Crippen molar-refractivity contribution < 1.29 is 24.2 Å². The lowest BCUT2D eigenvalue weighted by molar-refractivity contribution is -0.249. The number of methoxy groups -OCH3 is 1. The molecule has 154 valence electrons. The standard InChI is InChI=1S/C22H36O5/c1-13(23)27-17-12-16-20(2,3)10-7-11-21(16,4)15-9-8-14(19(25)26-6)18(24)22(15,17)5/h14-18,24H,7-12H2,1-6H3/t14-,15-,16+,17-,18+,21-,22+/m1/s1. The smallest absolute Gasteiger partial charge is 0.311 e. The van der Waals surface area contributed by atoms with Crippen LogP contribution in [0.4, 0.5) is 0 Å². The largest absolute Gasteiger partial charge is 0.469 e. The summed E-state index contributed by atoms with van der Waals surface area (Å²) in [5, 5.41) is 11.4. The number of aliphatic hydroxyl groups excluding tert-OH is 1. The van der Waals surface area contributed by atoms with Crippen molar-refractivity contribution in [3.05, 3.63) is 0 Å². The van der Waals surface area contributed by atoms with Crippen LogP contribution in [0.2, 0.25) is 0 Å². The van der Waals surface area contributed by atoms with Crippen LogP contribution in [0.1, 0.15) is 73.1 Å². The van der Waals surface area contributed by atoms with Gasteiger partial charge in [0.1, 0.15) is 6.10 Å². The van der Waals surface area contributed by atoms with Crippen LogP contribution in [-0.2, 0) is 19.1 Å². The lowest BCUT2D eigenvalue weighted by Crippen LogP contribution is -2.67. The summed E-state index contributed by atoms with van der Waals surface area (Å²) in [5.41, 5.74) is -0.381. The normalized spacial score (nSPS) is 46.0. The van der Waals surface area contributed by atoms with Crippen molar-refractivity contribution in [3.8, 4) is 0 Å². The minimum absolute atomic E-state index is 0.0786. The molecule has 0 aromatic carbocycles. The maximum atomic E-state index is 12.3. The van der Waals surface area contributed by atoms with E-state index in [9.17, 15) is 14.7 Å². The van der Waals surface area contributed by atoms with E-state index in [2.05, 4.69) is 20.8 Å². The monoisotopic (exact) mass is 380 g/mol. The molecule has 27 heavy (non-hydrogen) atoms. The number of carbonyl (C=O) groups is 2. The van der Waals surface area contributed by atoms with Gasteiger partial charge in [-0.25, -0.2) is 0 Å². The molecular weight excluding hydrogens is 344 g/mol. The van der Waals surface area contributed by atoms with E-state index >= 15 is 0 Å². The van der Waals surface area contributed by atoms with Gasteiger partial charge in [-0.2, -0.15) is 0 Å². The summed E-state index contributed by atoms with van der Waals surface area (Å²) < 4.78 is 10.8. The quantitative estimate of drug-likeness (QED) is 0.739. The number of carbonyl (C=O) groups excluding carboxylic acids is 2. The van der Waals surface area contributed by atoms with Gasteiger partial charge in [0.2, 0.25) is 0 Å². The van der Waals surface area contributed by atoms with Crippen LogP contribution in [0.5, 0.6) is 0 Å². The second-order valence-corrected chi connectivity index (χ2v) is 10.3. The zero-order valence-electron chi connectivity index (χ0n) is 17.7. The van der Waals surface area contributed by atoms with Gasteiger partial charge in [-0.3, -0.25) is 9.59 Å². The highest BCUT2D eigenvalue weighted by Crippen LogP contribution is 2.68. The Hall–Kier alpha value is -1.10. The summed E-state index contributed by atoms with van der Waals surface area (Å²) in [6.45, 7) is 10.5. The van der Waals surface area contributed by atoms with Crippen LogP contribution in [-0.4, -0.2) is 36.4 Å². The lowest BCUT2D eigenvalue weighted by atomic mass is 9.39. The lowest BCUT2D eigenvalue weighted by Gasteiger charge is -2.67. The average Bonchev–Trinajstić information content (AvgIpc) is 2.57. The summed E-state index contributed by atoms with van der Waals surface area (Å²) in [6, 6.07) is 0. The molecule has 0 bridgehead atoms. The number of rotatable bonds is 2. The van der Waals surface area contributed by atoms with Gasteiger partial charge in [0, 0.05) is 12.3 Å². The molecule has 0 aromatic heterocycles. The molecule has 3 aliphatic rings. The van der Waals surface area contributed by atoms with E-state index in [0.717, 1.165) is 19.3 Å². The summed E-state index contributed by atoms with van der Waals surface area (Å²) in [7, 11) is 1.37. The van der Waals surface area contributed by atoms with Crippen LogP contribution >= 0.6 is 0 Å². The summed E-state index contributed by atoms with van der Waals surface area (Å²) in [4.78, 5) is 24.2. The molecular formula is C22H36O5. The number of fused-ring (bicyclic) bond motifs is 3. The fraction of sp³-hybridized carbons (Fsp3) is 0.909. The number of hydrogen-bond donors (Lipinski definition) is 1. The zero-order valence-corrected chi connectivity index (χ0v) is 17.7. The van der Waals surface area contributed by atoms with Crippen molar-refractivity contribution in [2.24, 2.45) is 34.0 Å². The Morgan fingerprint density at radius 3 is 2.30 bits per heavy atom. The Morgan fingerprint density at radius 1 is 1.04 bits per heavy atom. The molecule has 3 rings (SSSR count). The topological polar surface area (TPSA) is 72.8 Å². The highest BCUT2D eigenvalue weighted by molar-refractivity contribution is 5.73. The molecule has 0 aromatic rings.